The van der Waals surface area contributed by atoms with Crippen molar-refractivity contribution in [2.45, 2.75) is 26.8 Å². The normalized spacial score (nSPS) is 12.0. The van der Waals surface area contributed by atoms with Gasteiger partial charge in [-0.05, 0) is 50.1 Å². The van der Waals surface area contributed by atoms with Gasteiger partial charge in [0.1, 0.15) is 6.04 Å². The van der Waals surface area contributed by atoms with Crippen molar-refractivity contribution >= 4 is 23.2 Å². The summed E-state index contributed by atoms with van der Waals surface area (Å²) in [4.78, 5) is 12.1. The predicted octanol–water partition coefficient (Wildman–Crippen LogP) is 3.22. The number of anilines is 1. The van der Waals surface area contributed by atoms with Crippen molar-refractivity contribution in [2.24, 2.45) is 0 Å². The Morgan fingerprint density at radius 3 is 2.68 bits per heavy atom. The van der Waals surface area contributed by atoms with E-state index >= 15 is 0 Å². The summed E-state index contributed by atoms with van der Waals surface area (Å²) in [5.41, 5.74) is 4.29. The Balaban J connectivity index is 1.91. The summed E-state index contributed by atoms with van der Waals surface area (Å²) in [6.07, 6.45) is 0. The van der Waals surface area contributed by atoms with Crippen LogP contribution in [0.3, 0.4) is 0 Å². The molecule has 0 bridgehead atoms. The van der Waals surface area contributed by atoms with E-state index in [1.165, 1.54) is 5.56 Å². The molecule has 2 rings (SSSR count). The third kappa shape index (κ3) is 4.33. The number of benzene rings is 2. The fraction of sp³-hybridized carbons (Fsp3) is 0.278. The molecule has 3 nitrogen and oxygen atoms in total. The van der Waals surface area contributed by atoms with Gasteiger partial charge in [0.2, 0.25) is 0 Å². The van der Waals surface area contributed by atoms with E-state index in [1.807, 2.05) is 61.6 Å². The fourth-order valence-electron chi connectivity index (χ4n) is 2.30. The van der Waals surface area contributed by atoms with Gasteiger partial charge in [-0.2, -0.15) is 0 Å². The van der Waals surface area contributed by atoms with E-state index < -0.39 is 0 Å². The molecule has 0 heterocycles. The zero-order chi connectivity index (χ0) is 16.1. The lowest BCUT2D eigenvalue weighted by Crippen LogP contribution is -2.86. The molecule has 4 heteroatoms. The molecular weight excluding hydrogens is 296 g/mol. The van der Waals surface area contributed by atoms with Crippen LogP contribution in [-0.2, 0) is 4.79 Å². The summed E-state index contributed by atoms with van der Waals surface area (Å²) >= 11 is 6.00. The lowest BCUT2D eigenvalue weighted by molar-refractivity contribution is -0.682. The van der Waals surface area contributed by atoms with Gasteiger partial charge in [0.25, 0.3) is 5.91 Å². The molecule has 0 aromatic heterocycles. The average Bonchev–Trinajstić information content (AvgIpc) is 2.49. The van der Waals surface area contributed by atoms with Crippen molar-refractivity contribution in [3.05, 3.63) is 64.2 Å². The Morgan fingerprint density at radius 2 is 1.95 bits per heavy atom. The maximum Gasteiger partial charge on any atom is 0.279 e. The summed E-state index contributed by atoms with van der Waals surface area (Å²) in [5.74, 6) is 0.00239. The van der Waals surface area contributed by atoms with E-state index in [4.69, 9.17) is 11.6 Å². The number of nitrogens with one attached hydrogen (secondary N) is 1. The largest absolute Gasteiger partial charge is 0.333 e. The number of carbonyl (C=O) groups excluding carboxylic acids is 1. The van der Waals surface area contributed by atoms with Gasteiger partial charge in [-0.1, -0.05) is 35.9 Å². The lowest BCUT2D eigenvalue weighted by Gasteiger charge is -2.13. The first kappa shape index (κ1) is 16.5. The minimum absolute atomic E-state index is 0.00239. The van der Waals surface area contributed by atoms with Crippen LogP contribution in [0.5, 0.6) is 0 Å². The molecule has 0 saturated heterocycles. The van der Waals surface area contributed by atoms with Gasteiger partial charge in [0.15, 0.2) is 6.54 Å². The van der Waals surface area contributed by atoms with Crippen LogP contribution in [-0.4, -0.2) is 12.5 Å². The zero-order valence-corrected chi connectivity index (χ0v) is 13.9. The molecule has 0 aliphatic carbocycles. The number of aryl methyl sites for hydroxylation is 1. The summed E-state index contributed by atoms with van der Waals surface area (Å²) in [6, 6.07) is 13.8. The van der Waals surface area contributed by atoms with Crippen LogP contribution in [0.1, 0.15) is 29.7 Å². The maximum absolute atomic E-state index is 12.1. The highest BCUT2D eigenvalue weighted by atomic mass is 35.5. The second-order valence-corrected chi connectivity index (χ2v) is 6.02. The van der Waals surface area contributed by atoms with Crippen molar-refractivity contribution < 1.29 is 10.1 Å². The van der Waals surface area contributed by atoms with Gasteiger partial charge < -0.3 is 10.6 Å². The van der Waals surface area contributed by atoms with Crippen molar-refractivity contribution in [1.82, 2.24) is 0 Å². The third-order valence-electron chi connectivity index (χ3n) is 3.91. The monoisotopic (exact) mass is 317 g/mol. The first-order valence-electron chi connectivity index (χ1n) is 7.42. The first-order valence-corrected chi connectivity index (χ1v) is 7.80. The average molecular weight is 318 g/mol. The highest BCUT2D eigenvalue weighted by molar-refractivity contribution is 6.30. The number of carbonyl (C=O) groups is 1. The van der Waals surface area contributed by atoms with E-state index in [-0.39, 0.29) is 11.9 Å². The summed E-state index contributed by atoms with van der Waals surface area (Å²) < 4.78 is 0. The first-order chi connectivity index (χ1) is 10.5. The molecule has 22 heavy (non-hydrogen) atoms. The van der Waals surface area contributed by atoms with E-state index in [1.54, 1.807) is 0 Å². The van der Waals surface area contributed by atoms with Gasteiger partial charge in [-0.25, -0.2) is 0 Å². The molecule has 0 unspecified atom stereocenters. The van der Waals surface area contributed by atoms with Crippen LogP contribution in [0.2, 0.25) is 5.02 Å². The summed E-state index contributed by atoms with van der Waals surface area (Å²) in [7, 11) is 0. The number of hydrogen-bond donors (Lipinski definition) is 2. The van der Waals surface area contributed by atoms with Crippen LogP contribution in [0.25, 0.3) is 0 Å². The molecule has 2 aromatic rings. The van der Waals surface area contributed by atoms with E-state index in [2.05, 4.69) is 12.2 Å². The van der Waals surface area contributed by atoms with E-state index in [0.717, 1.165) is 21.8 Å². The topological polar surface area (TPSA) is 45.7 Å². The molecule has 0 aliphatic rings. The number of amides is 1. The van der Waals surface area contributed by atoms with Crippen LogP contribution in [0, 0.1) is 13.8 Å². The Bertz CT molecular complexity index is 670. The summed E-state index contributed by atoms with van der Waals surface area (Å²) in [5, 5.41) is 5.70. The van der Waals surface area contributed by atoms with Gasteiger partial charge in [-0.15, -0.1) is 0 Å². The van der Waals surface area contributed by atoms with Gasteiger partial charge >= 0.3 is 0 Å². The molecule has 116 valence electrons. The quantitative estimate of drug-likeness (QED) is 0.874. The smallest absolute Gasteiger partial charge is 0.279 e. The Kier molecular flexibility index (Phi) is 5.58. The van der Waals surface area contributed by atoms with Crippen LogP contribution in [0.15, 0.2) is 42.5 Å². The van der Waals surface area contributed by atoms with Crippen molar-refractivity contribution in [3.8, 4) is 0 Å². The van der Waals surface area contributed by atoms with E-state index in [0.29, 0.717) is 6.54 Å². The number of quaternary nitrogens is 1. The molecule has 1 amide bonds. The number of rotatable bonds is 5. The number of halogens is 1. The van der Waals surface area contributed by atoms with Gasteiger partial charge in [0, 0.05) is 16.3 Å². The third-order valence-corrected chi connectivity index (χ3v) is 4.15. The van der Waals surface area contributed by atoms with Gasteiger partial charge in [0.05, 0.1) is 0 Å². The van der Waals surface area contributed by atoms with Crippen molar-refractivity contribution in [1.29, 1.82) is 0 Å². The van der Waals surface area contributed by atoms with Crippen LogP contribution >= 0.6 is 11.6 Å². The minimum Gasteiger partial charge on any atom is -0.333 e. The minimum atomic E-state index is 0.00239. The molecule has 0 saturated carbocycles. The lowest BCUT2D eigenvalue weighted by atomic mass is 10.1. The molecule has 0 fully saturated rings. The molecule has 3 N–H and O–H groups in total. The second-order valence-electron chi connectivity index (χ2n) is 5.58. The standard InChI is InChI=1S/C18H21ClN2O/c1-12-6-4-9-17(13(12)2)21-18(22)11-20-14(3)15-7-5-8-16(19)10-15/h4-10,14,20H,11H2,1-3H3,(H,21,22)/p+1/t14-/m0/s1. The number of hydrogen-bond acceptors (Lipinski definition) is 1. The fourth-order valence-corrected chi connectivity index (χ4v) is 2.50. The SMILES string of the molecule is Cc1cccc(NC(=O)C[NH2+][C@@H](C)c2cccc(Cl)c2)c1C. The predicted molar refractivity (Wildman–Crippen MR) is 91.2 cm³/mol. The highest BCUT2D eigenvalue weighted by Crippen LogP contribution is 2.17. The van der Waals surface area contributed by atoms with Crippen molar-refractivity contribution in [3.63, 3.8) is 0 Å². The zero-order valence-electron chi connectivity index (χ0n) is 13.2. The van der Waals surface area contributed by atoms with Crippen LogP contribution < -0.4 is 10.6 Å². The van der Waals surface area contributed by atoms with Crippen LogP contribution in [0.4, 0.5) is 5.69 Å². The molecule has 1 atom stereocenters. The number of nitrogens with two attached hydrogens (primary N) is 1. The Hall–Kier alpha value is -1.84. The Morgan fingerprint density at radius 1 is 1.23 bits per heavy atom. The van der Waals surface area contributed by atoms with E-state index in [9.17, 15) is 4.79 Å². The molecule has 0 spiro atoms. The molecule has 0 radical (unpaired) electrons. The van der Waals surface area contributed by atoms with Gasteiger partial charge in [-0.3, -0.25) is 4.79 Å². The maximum atomic E-state index is 12.1. The second kappa shape index (κ2) is 7.43. The molecule has 0 aliphatic heterocycles. The Labute approximate surface area is 136 Å². The molecular formula is C18H22ClN2O+. The summed E-state index contributed by atoms with van der Waals surface area (Å²) in [6.45, 7) is 6.50. The molecule has 2 aromatic carbocycles. The highest BCUT2D eigenvalue weighted by Gasteiger charge is 2.12. The van der Waals surface area contributed by atoms with Crippen molar-refractivity contribution in [2.75, 3.05) is 11.9 Å².